The van der Waals surface area contributed by atoms with Gasteiger partial charge in [-0.15, -0.1) is 0 Å². The summed E-state index contributed by atoms with van der Waals surface area (Å²) in [6, 6.07) is 0. The normalized spacial score (nSPS) is 11.5. The Labute approximate surface area is 116 Å². The molecule has 0 fully saturated rings. The lowest BCUT2D eigenvalue weighted by Gasteiger charge is -2.13. The monoisotopic (exact) mass is 304 g/mol. The van der Waals surface area contributed by atoms with Crippen molar-refractivity contribution in [1.29, 1.82) is 0 Å². The van der Waals surface area contributed by atoms with Crippen molar-refractivity contribution in [2.75, 3.05) is 29.6 Å². The number of nitrogens with one attached hydrogen (secondary N) is 2. The van der Waals surface area contributed by atoms with Gasteiger partial charge in [0.1, 0.15) is 21.3 Å². The van der Waals surface area contributed by atoms with Crippen molar-refractivity contribution in [2.24, 2.45) is 0 Å². The quantitative estimate of drug-likeness (QED) is 0.616. The van der Waals surface area contributed by atoms with Gasteiger partial charge in [-0.2, -0.15) is 0 Å². The summed E-state index contributed by atoms with van der Waals surface area (Å²) < 4.78 is 23.4. The van der Waals surface area contributed by atoms with Crippen LogP contribution in [0.2, 0.25) is 0 Å². The summed E-state index contributed by atoms with van der Waals surface area (Å²) in [6.07, 6.45) is 2.73. The highest BCUT2D eigenvalue weighted by Gasteiger charge is 2.12. The molecule has 0 aromatic carbocycles. The number of nitrogen functional groups attached to an aromatic ring is 1. The molecule has 0 radical (unpaired) electrons. The highest BCUT2D eigenvalue weighted by molar-refractivity contribution is 7.90. The summed E-state index contributed by atoms with van der Waals surface area (Å²) in [5.41, 5.74) is 4.63. The van der Waals surface area contributed by atoms with Gasteiger partial charge in [0.25, 0.3) is 5.56 Å². The van der Waals surface area contributed by atoms with E-state index in [1.807, 2.05) is 6.92 Å². The van der Waals surface area contributed by atoms with Crippen LogP contribution in [0.5, 0.6) is 0 Å². The maximum absolute atomic E-state index is 11.7. The molecular weight excluding hydrogens is 284 g/mol. The second kappa shape index (κ2) is 6.60. The molecule has 20 heavy (non-hydrogen) atoms. The fourth-order valence-electron chi connectivity index (χ4n) is 1.66. The van der Waals surface area contributed by atoms with E-state index < -0.39 is 21.1 Å². The average Bonchev–Trinajstić information content (AvgIpc) is 2.31. The lowest BCUT2D eigenvalue weighted by Crippen LogP contribution is -2.34. The number of aromatic nitrogens is 2. The summed E-state index contributed by atoms with van der Waals surface area (Å²) in [5.74, 6) is -0.0966. The van der Waals surface area contributed by atoms with Gasteiger partial charge in [-0.05, 0) is 6.42 Å². The first-order chi connectivity index (χ1) is 9.26. The van der Waals surface area contributed by atoms with Crippen molar-refractivity contribution in [3.8, 4) is 0 Å². The zero-order valence-corrected chi connectivity index (χ0v) is 12.4. The number of aromatic amines is 1. The largest absolute Gasteiger partial charge is 0.383 e. The van der Waals surface area contributed by atoms with Crippen molar-refractivity contribution >= 4 is 21.3 Å². The lowest BCUT2D eigenvalue weighted by molar-refractivity contribution is 0.601. The first-order valence-electron chi connectivity index (χ1n) is 6.30. The van der Waals surface area contributed by atoms with Crippen molar-refractivity contribution in [3.63, 3.8) is 0 Å². The molecule has 1 heterocycles. The standard InChI is InChI=1S/C11H20N4O4S/c1-3-4-6-15-9(12)8(10(16)14-11(15)17)13-5-7-20(2,18)19/h13H,3-7,12H2,1-2H3,(H,14,16,17). The fraction of sp³-hybridized carbons (Fsp3) is 0.636. The van der Waals surface area contributed by atoms with Crippen LogP contribution in [-0.2, 0) is 16.4 Å². The summed E-state index contributed by atoms with van der Waals surface area (Å²) in [6.45, 7) is 2.43. The Morgan fingerprint density at radius 1 is 1.35 bits per heavy atom. The summed E-state index contributed by atoms with van der Waals surface area (Å²) in [7, 11) is -3.14. The molecule has 8 nitrogen and oxygen atoms in total. The average molecular weight is 304 g/mol. The molecule has 1 rings (SSSR count). The predicted octanol–water partition coefficient (Wildman–Crippen LogP) is -0.625. The molecule has 0 spiro atoms. The van der Waals surface area contributed by atoms with Crippen molar-refractivity contribution < 1.29 is 8.42 Å². The van der Waals surface area contributed by atoms with E-state index >= 15 is 0 Å². The van der Waals surface area contributed by atoms with Gasteiger partial charge in [0.05, 0.1) is 5.75 Å². The Balaban J connectivity index is 3.01. The van der Waals surface area contributed by atoms with E-state index in [0.717, 1.165) is 19.1 Å². The van der Waals surface area contributed by atoms with Gasteiger partial charge in [-0.1, -0.05) is 13.3 Å². The summed E-state index contributed by atoms with van der Waals surface area (Å²) in [5, 5.41) is 2.67. The van der Waals surface area contributed by atoms with E-state index in [0.29, 0.717) is 6.54 Å². The Morgan fingerprint density at radius 2 is 2.00 bits per heavy atom. The van der Waals surface area contributed by atoms with Crippen LogP contribution in [0.15, 0.2) is 9.59 Å². The Bertz CT molecular complexity index is 675. The third-order valence-corrected chi connectivity index (χ3v) is 3.70. The first-order valence-corrected chi connectivity index (χ1v) is 8.36. The smallest absolute Gasteiger partial charge is 0.330 e. The van der Waals surface area contributed by atoms with Crippen LogP contribution in [0.1, 0.15) is 19.8 Å². The summed E-state index contributed by atoms with van der Waals surface area (Å²) in [4.78, 5) is 25.5. The Hall–Kier alpha value is -1.77. The molecule has 0 atom stereocenters. The number of H-pyrrole nitrogens is 1. The van der Waals surface area contributed by atoms with Gasteiger partial charge in [-0.25, -0.2) is 13.2 Å². The molecule has 0 saturated heterocycles. The first kappa shape index (κ1) is 16.3. The van der Waals surface area contributed by atoms with Crippen LogP contribution in [0.4, 0.5) is 11.5 Å². The molecule has 9 heteroatoms. The van der Waals surface area contributed by atoms with Gasteiger partial charge in [-0.3, -0.25) is 14.3 Å². The molecule has 0 unspecified atom stereocenters. The molecule has 1 aromatic rings. The van der Waals surface area contributed by atoms with E-state index in [2.05, 4.69) is 10.3 Å². The Kier molecular flexibility index (Phi) is 5.37. The molecule has 0 amide bonds. The Morgan fingerprint density at radius 3 is 2.55 bits per heavy atom. The number of nitrogens with zero attached hydrogens (tertiary/aromatic N) is 1. The van der Waals surface area contributed by atoms with Crippen LogP contribution in [0.25, 0.3) is 0 Å². The molecule has 114 valence electrons. The SMILES string of the molecule is CCCCn1c(N)c(NCCS(C)(=O)=O)c(=O)[nH]c1=O. The molecular formula is C11H20N4O4S. The molecule has 0 aliphatic carbocycles. The van der Waals surface area contributed by atoms with E-state index in [1.54, 1.807) is 0 Å². The summed E-state index contributed by atoms with van der Waals surface area (Å²) >= 11 is 0. The topological polar surface area (TPSA) is 127 Å². The third-order valence-electron chi connectivity index (χ3n) is 2.75. The second-order valence-corrected chi connectivity index (χ2v) is 6.84. The predicted molar refractivity (Wildman–Crippen MR) is 78.8 cm³/mol. The second-order valence-electron chi connectivity index (χ2n) is 4.58. The molecule has 0 aliphatic rings. The minimum Gasteiger partial charge on any atom is -0.383 e. The van der Waals surface area contributed by atoms with Gasteiger partial charge < -0.3 is 11.1 Å². The van der Waals surface area contributed by atoms with Crippen LogP contribution in [0.3, 0.4) is 0 Å². The number of unbranched alkanes of at least 4 members (excludes halogenated alkanes) is 1. The highest BCUT2D eigenvalue weighted by Crippen LogP contribution is 2.10. The van der Waals surface area contributed by atoms with Crippen LogP contribution in [0, 0.1) is 0 Å². The van der Waals surface area contributed by atoms with Gasteiger partial charge in [0.2, 0.25) is 0 Å². The van der Waals surface area contributed by atoms with E-state index in [-0.39, 0.29) is 23.8 Å². The minimum absolute atomic E-state index is 0.0284. The van der Waals surface area contributed by atoms with Gasteiger partial charge >= 0.3 is 5.69 Å². The zero-order chi connectivity index (χ0) is 15.3. The lowest BCUT2D eigenvalue weighted by atomic mass is 10.3. The van der Waals surface area contributed by atoms with Crippen molar-refractivity contribution in [3.05, 3.63) is 20.8 Å². The molecule has 1 aromatic heterocycles. The van der Waals surface area contributed by atoms with E-state index in [4.69, 9.17) is 5.73 Å². The van der Waals surface area contributed by atoms with Gasteiger partial charge in [0, 0.05) is 19.3 Å². The molecule has 0 bridgehead atoms. The molecule has 0 aliphatic heterocycles. The maximum Gasteiger partial charge on any atom is 0.330 e. The number of hydrogen-bond donors (Lipinski definition) is 3. The van der Waals surface area contributed by atoms with Crippen molar-refractivity contribution in [2.45, 2.75) is 26.3 Å². The number of rotatable bonds is 7. The molecule has 0 saturated carbocycles. The van der Waals surface area contributed by atoms with Gasteiger partial charge in [0.15, 0.2) is 0 Å². The van der Waals surface area contributed by atoms with Crippen LogP contribution >= 0.6 is 0 Å². The third kappa shape index (κ3) is 4.41. The van der Waals surface area contributed by atoms with E-state index in [9.17, 15) is 18.0 Å². The van der Waals surface area contributed by atoms with Crippen LogP contribution < -0.4 is 22.3 Å². The minimum atomic E-state index is -3.14. The maximum atomic E-state index is 11.7. The number of hydrogen-bond acceptors (Lipinski definition) is 6. The number of sulfone groups is 1. The fourth-order valence-corrected chi connectivity index (χ4v) is 2.13. The number of nitrogens with two attached hydrogens (primary N) is 1. The number of anilines is 2. The zero-order valence-electron chi connectivity index (χ0n) is 11.6. The van der Waals surface area contributed by atoms with Crippen molar-refractivity contribution in [1.82, 2.24) is 9.55 Å². The molecule has 4 N–H and O–H groups in total. The van der Waals surface area contributed by atoms with E-state index in [1.165, 1.54) is 4.57 Å². The van der Waals surface area contributed by atoms with Crippen LogP contribution in [-0.4, -0.2) is 36.5 Å². The highest BCUT2D eigenvalue weighted by atomic mass is 32.2.